The predicted molar refractivity (Wildman–Crippen MR) is 75.2 cm³/mol. The van der Waals surface area contributed by atoms with Gasteiger partial charge in [0.15, 0.2) is 0 Å². The monoisotopic (exact) mass is 258 g/mol. The normalized spacial score (nSPS) is 16.6. The van der Waals surface area contributed by atoms with Crippen LogP contribution in [0.3, 0.4) is 0 Å². The first kappa shape index (κ1) is 12.2. The van der Waals surface area contributed by atoms with Gasteiger partial charge in [0.25, 0.3) is 0 Å². The van der Waals surface area contributed by atoms with Crippen LogP contribution in [0, 0.1) is 5.92 Å². The maximum atomic E-state index is 5.97. The number of hydrogen-bond acceptors (Lipinski definition) is 4. The zero-order valence-corrected chi connectivity index (χ0v) is 10.8. The number of nitrogen functional groups attached to an aromatic ring is 1. The van der Waals surface area contributed by atoms with Crippen molar-refractivity contribution in [1.82, 2.24) is 4.98 Å². The van der Waals surface area contributed by atoms with Crippen molar-refractivity contribution >= 4 is 16.5 Å². The number of nitrogens with zero attached hydrogens (tertiary/aromatic N) is 1. The summed E-state index contributed by atoms with van der Waals surface area (Å²) in [6.07, 6.45) is 5.71. The molecule has 19 heavy (non-hydrogen) atoms. The molecule has 0 amide bonds. The Hall–Kier alpha value is -1.81. The Kier molecular flexibility index (Phi) is 3.51. The van der Waals surface area contributed by atoms with Crippen molar-refractivity contribution in [2.75, 3.05) is 25.6 Å². The van der Waals surface area contributed by atoms with E-state index in [0.29, 0.717) is 5.92 Å². The molecule has 1 saturated heterocycles. The Morgan fingerprint density at radius 2 is 2.05 bits per heavy atom. The molecule has 3 rings (SSSR count). The Bertz CT molecular complexity index is 565. The van der Waals surface area contributed by atoms with Gasteiger partial charge in [-0.2, -0.15) is 0 Å². The van der Waals surface area contributed by atoms with Gasteiger partial charge in [-0.15, -0.1) is 0 Å². The number of hydrogen-bond donors (Lipinski definition) is 1. The Morgan fingerprint density at radius 1 is 1.21 bits per heavy atom. The SMILES string of the molecule is Nc1ccc(OCC2CCOCC2)c2ccncc12. The second-order valence-corrected chi connectivity index (χ2v) is 4.94. The predicted octanol–water partition coefficient (Wildman–Crippen LogP) is 2.62. The molecule has 1 fully saturated rings. The minimum Gasteiger partial charge on any atom is -0.493 e. The number of benzene rings is 1. The van der Waals surface area contributed by atoms with Gasteiger partial charge in [0.2, 0.25) is 0 Å². The fourth-order valence-electron chi connectivity index (χ4n) is 2.43. The van der Waals surface area contributed by atoms with Crippen LogP contribution >= 0.6 is 0 Å². The number of aromatic nitrogens is 1. The highest BCUT2D eigenvalue weighted by Gasteiger charge is 2.15. The van der Waals surface area contributed by atoms with E-state index in [1.165, 1.54) is 0 Å². The lowest BCUT2D eigenvalue weighted by Gasteiger charge is -2.22. The van der Waals surface area contributed by atoms with E-state index in [1.807, 2.05) is 18.2 Å². The van der Waals surface area contributed by atoms with Crippen LogP contribution in [0.2, 0.25) is 0 Å². The number of rotatable bonds is 3. The van der Waals surface area contributed by atoms with Crippen LogP contribution in [0.5, 0.6) is 5.75 Å². The highest BCUT2D eigenvalue weighted by Crippen LogP contribution is 2.30. The van der Waals surface area contributed by atoms with Crippen molar-refractivity contribution in [2.24, 2.45) is 5.92 Å². The lowest BCUT2D eigenvalue weighted by molar-refractivity contribution is 0.0500. The van der Waals surface area contributed by atoms with Crippen LogP contribution in [0.25, 0.3) is 10.8 Å². The van der Waals surface area contributed by atoms with Crippen LogP contribution in [-0.2, 0) is 4.74 Å². The Labute approximate surface area is 112 Å². The summed E-state index contributed by atoms with van der Waals surface area (Å²) in [4.78, 5) is 4.11. The molecule has 100 valence electrons. The van der Waals surface area contributed by atoms with Crippen LogP contribution in [-0.4, -0.2) is 24.8 Å². The van der Waals surface area contributed by atoms with Crippen molar-refractivity contribution < 1.29 is 9.47 Å². The maximum absolute atomic E-state index is 5.97. The Balaban J connectivity index is 1.79. The topological polar surface area (TPSA) is 57.4 Å². The first-order chi connectivity index (χ1) is 9.34. The largest absolute Gasteiger partial charge is 0.493 e. The average molecular weight is 258 g/mol. The molecule has 1 aromatic heterocycles. The van der Waals surface area contributed by atoms with Crippen LogP contribution in [0.15, 0.2) is 30.6 Å². The highest BCUT2D eigenvalue weighted by molar-refractivity contribution is 5.96. The summed E-state index contributed by atoms with van der Waals surface area (Å²) in [7, 11) is 0. The van der Waals surface area contributed by atoms with Gasteiger partial charge in [-0.1, -0.05) is 0 Å². The molecular formula is C15H18N2O2. The molecule has 4 heteroatoms. The molecule has 1 aliphatic rings. The second-order valence-electron chi connectivity index (χ2n) is 4.94. The third-order valence-corrected chi connectivity index (χ3v) is 3.63. The van der Waals surface area contributed by atoms with Crippen LogP contribution in [0.1, 0.15) is 12.8 Å². The summed E-state index contributed by atoms with van der Waals surface area (Å²) in [6, 6.07) is 5.77. The van der Waals surface area contributed by atoms with Gasteiger partial charge in [-0.3, -0.25) is 4.98 Å². The number of pyridine rings is 1. The van der Waals surface area contributed by atoms with Gasteiger partial charge in [0, 0.05) is 42.1 Å². The van der Waals surface area contributed by atoms with Gasteiger partial charge in [-0.05, 0) is 37.0 Å². The lowest BCUT2D eigenvalue weighted by Crippen LogP contribution is -2.21. The molecule has 0 radical (unpaired) electrons. The van der Waals surface area contributed by atoms with Gasteiger partial charge in [0.05, 0.1) is 6.61 Å². The van der Waals surface area contributed by atoms with Crippen LogP contribution in [0.4, 0.5) is 5.69 Å². The molecule has 2 aromatic rings. The number of ether oxygens (including phenoxy) is 2. The first-order valence-electron chi connectivity index (χ1n) is 6.67. The summed E-state index contributed by atoms with van der Waals surface area (Å²) in [5, 5.41) is 1.98. The lowest BCUT2D eigenvalue weighted by atomic mass is 10.0. The van der Waals surface area contributed by atoms with Crippen LogP contribution < -0.4 is 10.5 Å². The molecule has 0 spiro atoms. The van der Waals surface area contributed by atoms with E-state index in [1.54, 1.807) is 12.4 Å². The van der Waals surface area contributed by atoms with Gasteiger partial charge in [0.1, 0.15) is 5.75 Å². The molecule has 0 saturated carbocycles. The molecule has 1 aliphatic heterocycles. The maximum Gasteiger partial charge on any atom is 0.127 e. The van der Waals surface area contributed by atoms with E-state index in [0.717, 1.165) is 54.9 Å². The minimum absolute atomic E-state index is 0.586. The van der Waals surface area contributed by atoms with Gasteiger partial charge >= 0.3 is 0 Å². The summed E-state index contributed by atoms with van der Waals surface area (Å²) in [5.74, 6) is 1.47. The zero-order chi connectivity index (χ0) is 13.1. The van der Waals surface area contributed by atoms with E-state index in [-0.39, 0.29) is 0 Å². The van der Waals surface area contributed by atoms with E-state index in [9.17, 15) is 0 Å². The van der Waals surface area contributed by atoms with E-state index in [4.69, 9.17) is 15.2 Å². The van der Waals surface area contributed by atoms with Gasteiger partial charge in [-0.25, -0.2) is 0 Å². The summed E-state index contributed by atoms with van der Waals surface area (Å²) < 4.78 is 11.3. The summed E-state index contributed by atoms with van der Waals surface area (Å²) in [6.45, 7) is 2.44. The molecule has 1 aromatic carbocycles. The summed E-state index contributed by atoms with van der Waals surface area (Å²) in [5.41, 5.74) is 6.69. The molecule has 0 aliphatic carbocycles. The van der Waals surface area contributed by atoms with Crippen molar-refractivity contribution in [2.45, 2.75) is 12.8 Å². The van der Waals surface area contributed by atoms with E-state index < -0.39 is 0 Å². The third kappa shape index (κ3) is 2.63. The standard InChI is InChI=1S/C15H18N2O2/c16-14-1-2-15(12-3-6-17-9-13(12)14)19-10-11-4-7-18-8-5-11/h1-3,6,9,11H,4-5,7-8,10,16H2. The number of fused-ring (bicyclic) bond motifs is 1. The third-order valence-electron chi connectivity index (χ3n) is 3.63. The smallest absolute Gasteiger partial charge is 0.127 e. The molecule has 2 heterocycles. The average Bonchev–Trinajstić information content (AvgIpc) is 2.48. The van der Waals surface area contributed by atoms with Gasteiger partial charge < -0.3 is 15.2 Å². The fraction of sp³-hybridized carbons (Fsp3) is 0.400. The van der Waals surface area contributed by atoms with E-state index in [2.05, 4.69) is 4.98 Å². The highest BCUT2D eigenvalue weighted by atomic mass is 16.5. The molecular weight excluding hydrogens is 240 g/mol. The zero-order valence-electron chi connectivity index (χ0n) is 10.8. The molecule has 0 atom stereocenters. The van der Waals surface area contributed by atoms with E-state index >= 15 is 0 Å². The Morgan fingerprint density at radius 3 is 2.89 bits per heavy atom. The van der Waals surface area contributed by atoms with Crippen molar-refractivity contribution in [1.29, 1.82) is 0 Å². The van der Waals surface area contributed by atoms with Crippen molar-refractivity contribution in [3.8, 4) is 5.75 Å². The number of nitrogens with two attached hydrogens (primary N) is 1. The summed E-state index contributed by atoms with van der Waals surface area (Å²) >= 11 is 0. The van der Waals surface area contributed by atoms with Crippen molar-refractivity contribution in [3.05, 3.63) is 30.6 Å². The second kappa shape index (κ2) is 5.45. The first-order valence-corrected chi connectivity index (χ1v) is 6.67. The molecule has 2 N–H and O–H groups in total. The number of anilines is 1. The minimum atomic E-state index is 0.586. The quantitative estimate of drug-likeness (QED) is 0.860. The van der Waals surface area contributed by atoms with Crippen molar-refractivity contribution in [3.63, 3.8) is 0 Å². The molecule has 0 unspecified atom stereocenters. The fourth-order valence-corrected chi connectivity index (χ4v) is 2.43. The molecule has 4 nitrogen and oxygen atoms in total. The molecule has 0 bridgehead atoms.